The highest BCUT2D eigenvalue weighted by Gasteiger charge is 2.24. The van der Waals surface area contributed by atoms with Crippen molar-refractivity contribution in [1.29, 1.82) is 0 Å². The third kappa shape index (κ3) is 4.56. The van der Waals surface area contributed by atoms with Gasteiger partial charge in [-0.25, -0.2) is 0 Å². The summed E-state index contributed by atoms with van der Waals surface area (Å²) in [6.07, 6.45) is 4.52. The van der Waals surface area contributed by atoms with Gasteiger partial charge in [0.05, 0.1) is 13.0 Å². The number of nitrogens with zero attached hydrogens (tertiary/aromatic N) is 1. The second-order valence-electron chi connectivity index (χ2n) is 5.65. The van der Waals surface area contributed by atoms with Crippen molar-refractivity contribution in [2.45, 2.75) is 44.7 Å². The standard InChI is InChI=1S/C16H22N2O3/c17-15(19)11-18(14-7-3-4-8-14)10-13-6-2-1-5-12(13)9-16(20)21/h1-2,5-6,14H,3-4,7-11H2,(H2,17,19)(H,20,21). The molecule has 0 atom stereocenters. The molecule has 0 saturated heterocycles. The van der Waals surface area contributed by atoms with Crippen LogP contribution in [0.15, 0.2) is 24.3 Å². The average molecular weight is 290 g/mol. The van der Waals surface area contributed by atoms with Crippen LogP contribution in [-0.2, 0) is 22.6 Å². The van der Waals surface area contributed by atoms with E-state index in [1.165, 1.54) is 12.8 Å². The third-order valence-electron chi connectivity index (χ3n) is 4.03. The second-order valence-corrected chi connectivity index (χ2v) is 5.65. The van der Waals surface area contributed by atoms with Gasteiger partial charge in [0, 0.05) is 12.6 Å². The van der Waals surface area contributed by atoms with Crippen molar-refractivity contribution in [2.75, 3.05) is 6.54 Å². The lowest BCUT2D eigenvalue weighted by Crippen LogP contribution is -2.39. The Morgan fingerprint density at radius 2 is 1.81 bits per heavy atom. The van der Waals surface area contributed by atoms with Crippen LogP contribution in [0.2, 0.25) is 0 Å². The molecule has 0 unspecified atom stereocenters. The van der Waals surface area contributed by atoms with Crippen molar-refractivity contribution in [3.63, 3.8) is 0 Å². The molecular formula is C16H22N2O3. The molecule has 1 aromatic carbocycles. The summed E-state index contributed by atoms with van der Waals surface area (Å²) in [6, 6.07) is 7.88. The maximum Gasteiger partial charge on any atom is 0.307 e. The van der Waals surface area contributed by atoms with Crippen molar-refractivity contribution in [1.82, 2.24) is 4.90 Å². The van der Waals surface area contributed by atoms with Crippen LogP contribution in [0.25, 0.3) is 0 Å². The first-order valence-corrected chi connectivity index (χ1v) is 7.37. The zero-order valence-electron chi connectivity index (χ0n) is 12.1. The van der Waals surface area contributed by atoms with Gasteiger partial charge >= 0.3 is 5.97 Å². The molecule has 0 bridgehead atoms. The molecule has 3 N–H and O–H groups in total. The van der Waals surface area contributed by atoms with Gasteiger partial charge in [0.2, 0.25) is 5.91 Å². The highest BCUT2D eigenvalue weighted by molar-refractivity contribution is 5.76. The monoisotopic (exact) mass is 290 g/mol. The first-order chi connectivity index (χ1) is 10.1. The van der Waals surface area contributed by atoms with Crippen molar-refractivity contribution in [3.8, 4) is 0 Å². The Kier molecular flexibility index (Phi) is 5.33. The molecule has 1 fully saturated rings. The van der Waals surface area contributed by atoms with E-state index in [9.17, 15) is 9.59 Å². The molecule has 1 saturated carbocycles. The normalized spacial score (nSPS) is 15.5. The van der Waals surface area contributed by atoms with Crippen LogP contribution >= 0.6 is 0 Å². The van der Waals surface area contributed by atoms with E-state index in [1.807, 2.05) is 24.3 Å². The molecule has 1 aromatic rings. The van der Waals surface area contributed by atoms with Crippen LogP contribution < -0.4 is 5.73 Å². The number of carboxylic acids is 1. The number of carboxylic acid groups (broad SMARTS) is 1. The largest absolute Gasteiger partial charge is 0.481 e. The SMILES string of the molecule is NC(=O)CN(Cc1ccccc1CC(=O)O)C1CCCC1. The molecule has 1 amide bonds. The number of aliphatic carboxylic acids is 1. The molecule has 2 rings (SSSR count). The lowest BCUT2D eigenvalue weighted by atomic mass is 10.0. The quantitative estimate of drug-likeness (QED) is 0.798. The number of hydrogen-bond acceptors (Lipinski definition) is 3. The van der Waals surface area contributed by atoms with E-state index in [0.29, 0.717) is 12.6 Å². The van der Waals surface area contributed by atoms with Gasteiger partial charge in [-0.3, -0.25) is 14.5 Å². The Morgan fingerprint density at radius 1 is 1.19 bits per heavy atom. The maximum atomic E-state index is 11.3. The van der Waals surface area contributed by atoms with Crippen LogP contribution in [0, 0.1) is 0 Å². The Morgan fingerprint density at radius 3 is 2.38 bits per heavy atom. The topological polar surface area (TPSA) is 83.6 Å². The Balaban J connectivity index is 2.15. The number of carbonyl (C=O) groups excluding carboxylic acids is 1. The summed E-state index contributed by atoms with van der Waals surface area (Å²) in [5, 5.41) is 8.99. The molecule has 114 valence electrons. The van der Waals surface area contributed by atoms with Gasteiger partial charge in [0.25, 0.3) is 0 Å². The van der Waals surface area contributed by atoms with Gasteiger partial charge < -0.3 is 10.8 Å². The third-order valence-corrected chi connectivity index (χ3v) is 4.03. The number of carbonyl (C=O) groups is 2. The molecule has 0 heterocycles. The minimum absolute atomic E-state index is 0.00521. The van der Waals surface area contributed by atoms with E-state index >= 15 is 0 Å². The predicted octanol–water partition coefficient (Wildman–Crippen LogP) is 1.54. The highest BCUT2D eigenvalue weighted by atomic mass is 16.4. The summed E-state index contributed by atoms with van der Waals surface area (Å²) in [6.45, 7) is 0.809. The van der Waals surface area contributed by atoms with Gasteiger partial charge in [-0.15, -0.1) is 0 Å². The van der Waals surface area contributed by atoms with Crippen LogP contribution in [0.3, 0.4) is 0 Å². The summed E-state index contributed by atoms with van der Waals surface area (Å²) in [5.41, 5.74) is 7.13. The first-order valence-electron chi connectivity index (χ1n) is 7.37. The zero-order chi connectivity index (χ0) is 15.2. The van der Waals surface area contributed by atoms with Crippen molar-refractivity contribution in [2.24, 2.45) is 5.73 Å². The molecule has 0 radical (unpaired) electrons. The molecule has 21 heavy (non-hydrogen) atoms. The molecule has 5 nitrogen and oxygen atoms in total. The number of rotatable bonds is 7. The minimum atomic E-state index is -0.843. The zero-order valence-corrected chi connectivity index (χ0v) is 12.1. The highest BCUT2D eigenvalue weighted by Crippen LogP contribution is 2.25. The van der Waals surface area contributed by atoms with Crippen LogP contribution in [0.4, 0.5) is 0 Å². The minimum Gasteiger partial charge on any atom is -0.481 e. The Bertz CT molecular complexity index is 510. The van der Waals surface area contributed by atoms with Gasteiger partial charge in [-0.2, -0.15) is 0 Å². The summed E-state index contributed by atoms with van der Waals surface area (Å²) >= 11 is 0. The molecule has 0 aromatic heterocycles. The molecule has 0 aliphatic heterocycles. The van der Waals surface area contributed by atoms with E-state index in [-0.39, 0.29) is 18.9 Å². The first kappa shape index (κ1) is 15.5. The number of benzene rings is 1. The van der Waals surface area contributed by atoms with Crippen molar-refractivity contribution in [3.05, 3.63) is 35.4 Å². The fourth-order valence-electron chi connectivity index (χ4n) is 3.05. The number of nitrogens with two attached hydrogens (primary N) is 1. The van der Waals surface area contributed by atoms with E-state index in [4.69, 9.17) is 10.8 Å². The fourth-order valence-corrected chi connectivity index (χ4v) is 3.05. The van der Waals surface area contributed by atoms with E-state index in [0.717, 1.165) is 24.0 Å². The van der Waals surface area contributed by atoms with Gasteiger partial charge in [-0.05, 0) is 24.0 Å². The molecule has 0 spiro atoms. The summed E-state index contributed by atoms with van der Waals surface area (Å²) < 4.78 is 0. The van der Waals surface area contributed by atoms with Crippen molar-refractivity contribution >= 4 is 11.9 Å². The van der Waals surface area contributed by atoms with E-state index < -0.39 is 5.97 Å². The predicted molar refractivity (Wildman–Crippen MR) is 79.6 cm³/mol. The lowest BCUT2D eigenvalue weighted by molar-refractivity contribution is -0.136. The Labute approximate surface area is 124 Å². The average Bonchev–Trinajstić information content (AvgIpc) is 2.93. The summed E-state index contributed by atoms with van der Waals surface area (Å²) in [4.78, 5) is 24.4. The van der Waals surface area contributed by atoms with Gasteiger partial charge in [0.1, 0.15) is 0 Å². The van der Waals surface area contributed by atoms with E-state index in [1.54, 1.807) is 0 Å². The summed E-state index contributed by atoms with van der Waals surface area (Å²) in [5.74, 6) is -1.18. The van der Waals surface area contributed by atoms with Gasteiger partial charge in [-0.1, -0.05) is 37.1 Å². The fraction of sp³-hybridized carbons (Fsp3) is 0.500. The summed E-state index contributed by atoms with van der Waals surface area (Å²) in [7, 11) is 0. The Hall–Kier alpha value is -1.88. The van der Waals surface area contributed by atoms with Crippen molar-refractivity contribution < 1.29 is 14.7 Å². The molecule has 5 heteroatoms. The number of amides is 1. The maximum absolute atomic E-state index is 11.3. The molecule has 1 aliphatic carbocycles. The van der Waals surface area contributed by atoms with Gasteiger partial charge in [0.15, 0.2) is 0 Å². The van der Waals surface area contributed by atoms with E-state index in [2.05, 4.69) is 4.90 Å². The molecular weight excluding hydrogens is 268 g/mol. The second kappa shape index (κ2) is 7.22. The van der Waals surface area contributed by atoms with Crippen LogP contribution in [0.1, 0.15) is 36.8 Å². The van der Waals surface area contributed by atoms with Crippen LogP contribution in [0.5, 0.6) is 0 Å². The van der Waals surface area contributed by atoms with Crippen LogP contribution in [-0.4, -0.2) is 34.5 Å². The number of primary amides is 1. The number of hydrogen-bond donors (Lipinski definition) is 2. The lowest BCUT2D eigenvalue weighted by Gasteiger charge is -2.28. The molecule has 1 aliphatic rings. The smallest absolute Gasteiger partial charge is 0.307 e.